The summed E-state index contributed by atoms with van der Waals surface area (Å²) in [6, 6.07) is 4.50. The van der Waals surface area contributed by atoms with E-state index in [1.165, 1.54) is 19.1 Å². The predicted octanol–water partition coefficient (Wildman–Crippen LogP) is 2.83. The molecule has 2 aromatic rings. The van der Waals surface area contributed by atoms with Crippen molar-refractivity contribution in [2.24, 2.45) is 0 Å². The van der Waals surface area contributed by atoms with Gasteiger partial charge in [-0.3, -0.25) is 4.79 Å². The number of aryl methyl sites for hydroxylation is 1. The highest BCUT2D eigenvalue weighted by Crippen LogP contribution is 2.18. The molecule has 0 saturated carbocycles. The molecule has 0 unspecified atom stereocenters. The monoisotopic (exact) mass is 232 g/mol. The van der Waals surface area contributed by atoms with Gasteiger partial charge in [-0.2, -0.15) is 5.10 Å². The van der Waals surface area contributed by atoms with Gasteiger partial charge >= 0.3 is 0 Å². The zero-order chi connectivity index (χ0) is 12.6. The Kier molecular flexibility index (Phi) is 2.79. The van der Waals surface area contributed by atoms with Gasteiger partial charge in [-0.05, 0) is 44.5 Å². The molecule has 0 N–H and O–H groups in total. The third kappa shape index (κ3) is 1.98. The Morgan fingerprint density at radius 3 is 2.59 bits per heavy atom. The number of benzene rings is 1. The fourth-order valence-electron chi connectivity index (χ4n) is 1.85. The maximum Gasteiger partial charge on any atom is 0.163 e. The zero-order valence-corrected chi connectivity index (χ0v) is 9.99. The SMILES string of the molecule is CC(=O)c1cnn(-c2ccc(F)cc2C)c1C. The first-order valence-corrected chi connectivity index (χ1v) is 5.33. The van der Waals surface area contributed by atoms with Crippen LogP contribution in [-0.2, 0) is 0 Å². The molecule has 0 aliphatic heterocycles. The summed E-state index contributed by atoms with van der Waals surface area (Å²) in [7, 11) is 0. The van der Waals surface area contributed by atoms with Gasteiger partial charge < -0.3 is 0 Å². The number of hydrogen-bond donors (Lipinski definition) is 0. The van der Waals surface area contributed by atoms with Crippen molar-refractivity contribution >= 4 is 5.78 Å². The number of ketones is 1. The Hall–Kier alpha value is -1.97. The zero-order valence-electron chi connectivity index (χ0n) is 9.99. The predicted molar refractivity (Wildman–Crippen MR) is 63.0 cm³/mol. The smallest absolute Gasteiger partial charge is 0.163 e. The van der Waals surface area contributed by atoms with E-state index in [1.807, 2.05) is 13.8 Å². The molecule has 3 nitrogen and oxygen atoms in total. The van der Waals surface area contributed by atoms with Crippen LogP contribution in [0.3, 0.4) is 0 Å². The van der Waals surface area contributed by atoms with Gasteiger partial charge in [0.2, 0.25) is 0 Å². The van der Waals surface area contributed by atoms with E-state index in [2.05, 4.69) is 5.10 Å². The Morgan fingerprint density at radius 2 is 2.06 bits per heavy atom. The van der Waals surface area contributed by atoms with Crippen LogP contribution in [0.4, 0.5) is 4.39 Å². The lowest BCUT2D eigenvalue weighted by Gasteiger charge is -2.08. The van der Waals surface area contributed by atoms with Crippen molar-refractivity contribution in [3.05, 3.63) is 47.0 Å². The number of Topliss-reactive ketones (excluding diaryl/α,β-unsaturated/α-hetero) is 1. The molecule has 17 heavy (non-hydrogen) atoms. The number of carbonyl (C=O) groups is 1. The lowest BCUT2D eigenvalue weighted by atomic mass is 10.1. The van der Waals surface area contributed by atoms with E-state index in [0.717, 1.165) is 16.9 Å². The molecule has 0 bridgehead atoms. The van der Waals surface area contributed by atoms with Crippen LogP contribution in [0.1, 0.15) is 28.5 Å². The molecule has 1 aromatic heterocycles. The third-order valence-electron chi connectivity index (χ3n) is 2.78. The fraction of sp³-hybridized carbons (Fsp3) is 0.231. The molecule has 0 amide bonds. The second-order valence-electron chi connectivity index (χ2n) is 4.04. The first-order chi connectivity index (χ1) is 8.00. The van der Waals surface area contributed by atoms with Crippen molar-refractivity contribution in [3.8, 4) is 5.69 Å². The number of halogens is 1. The lowest BCUT2D eigenvalue weighted by molar-refractivity contribution is 0.101. The van der Waals surface area contributed by atoms with Crippen LogP contribution in [-0.4, -0.2) is 15.6 Å². The van der Waals surface area contributed by atoms with Crippen molar-refractivity contribution in [1.82, 2.24) is 9.78 Å². The van der Waals surface area contributed by atoms with E-state index in [4.69, 9.17) is 0 Å². The summed E-state index contributed by atoms with van der Waals surface area (Å²) in [5, 5.41) is 4.17. The summed E-state index contributed by atoms with van der Waals surface area (Å²) < 4.78 is 14.7. The minimum Gasteiger partial charge on any atom is -0.294 e. The molecule has 0 aliphatic carbocycles. The molecule has 0 fully saturated rings. The standard InChI is InChI=1S/C13H13FN2O/c1-8-6-11(14)4-5-13(8)16-9(2)12(7-15-16)10(3)17/h4-7H,1-3H3. The maximum absolute atomic E-state index is 13.0. The van der Waals surface area contributed by atoms with Gasteiger partial charge in [-0.15, -0.1) is 0 Å². The van der Waals surface area contributed by atoms with Crippen molar-refractivity contribution in [3.63, 3.8) is 0 Å². The van der Waals surface area contributed by atoms with Crippen LogP contribution in [0.15, 0.2) is 24.4 Å². The number of carbonyl (C=O) groups excluding carboxylic acids is 1. The summed E-state index contributed by atoms with van der Waals surface area (Å²) in [6.45, 7) is 5.14. The highest BCUT2D eigenvalue weighted by molar-refractivity contribution is 5.95. The molecule has 1 heterocycles. The van der Waals surface area contributed by atoms with Gasteiger partial charge in [0.25, 0.3) is 0 Å². The fourth-order valence-corrected chi connectivity index (χ4v) is 1.85. The van der Waals surface area contributed by atoms with Crippen LogP contribution in [0, 0.1) is 19.7 Å². The van der Waals surface area contributed by atoms with E-state index in [-0.39, 0.29) is 11.6 Å². The van der Waals surface area contributed by atoms with Crippen LogP contribution in [0.2, 0.25) is 0 Å². The van der Waals surface area contributed by atoms with Gasteiger partial charge in [-0.25, -0.2) is 9.07 Å². The van der Waals surface area contributed by atoms with E-state index < -0.39 is 0 Å². The summed E-state index contributed by atoms with van der Waals surface area (Å²) in [6.07, 6.45) is 1.54. The molecule has 4 heteroatoms. The Bertz CT molecular complexity index is 587. The topological polar surface area (TPSA) is 34.9 Å². The summed E-state index contributed by atoms with van der Waals surface area (Å²) >= 11 is 0. The minimum atomic E-state index is -0.275. The highest BCUT2D eigenvalue weighted by Gasteiger charge is 2.12. The van der Waals surface area contributed by atoms with Gasteiger partial charge in [-0.1, -0.05) is 0 Å². The molecule has 88 valence electrons. The molecule has 0 aliphatic rings. The van der Waals surface area contributed by atoms with Crippen molar-refractivity contribution in [1.29, 1.82) is 0 Å². The molecule has 2 rings (SSSR count). The normalized spacial score (nSPS) is 10.6. The van der Waals surface area contributed by atoms with Gasteiger partial charge in [0, 0.05) is 0 Å². The second kappa shape index (κ2) is 4.13. The van der Waals surface area contributed by atoms with E-state index in [9.17, 15) is 9.18 Å². The van der Waals surface area contributed by atoms with Gasteiger partial charge in [0.1, 0.15) is 5.82 Å². The molecule has 0 spiro atoms. The summed E-state index contributed by atoms with van der Waals surface area (Å²) in [4.78, 5) is 11.3. The van der Waals surface area contributed by atoms with E-state index in [1.54, 1.807) is 16.9 Å². The van der Waals surface area contributed by atoms with Crippen LogP contribution in [0.5, 0.6) is 0 Å². The van der Waals surface area contributed by atoms with Crippen molar-refractivity contribution in [2.45, 2.75) is 20.8 Å². The van der Waals surface area contributed by atoms with Crippen LogP contribution in [0.25, 0.3) is 5.69 Å². The Morgan fingerprint density at radius 1 is 1.35 bits per heavy atom. The van der Waals surface area contributed by atoms with E-state index in [0.29, 0.717) is 5.56 Å². The number of aromatic nitrogens is 2. The average Bonchev–Trinajstić information content (AvgIpc) is 2.60. The lowest BCUT2D eigenvalue weighted by Crippen LogP contribution is -2.03. The van der Waals surface area contributed by atoms with Gasteiger partial charge in [0.15, 0.2) is 5.78 Å². The number of hydrogen-bond acceptors (Lipinski definition) is 2. The molecule has 0 saturated heterocycles. The third-order valence-corrected chi connectivity index (χ3v) is 2.78. The second-order valence-corrected chi connectivity index (χ2v) is 4.04. The molecule has 1 aromatic carbocycles. The van der Waals surface area contributed by atoms with Crippen LogP contribution >= 0.6 is 0 Å². The van der Waals surface area contributed by atoms with E-state index >= 15 is 0 Å². The highest BCUT2D eigenvalue weighted by atomic mass is 19.1. The van der Waals surface area contributed by atoms with Crippen LogP contribution < -0.4 is 0 Å². The van der Waals surface area contributed by atoms with Crippen molar-refractivity contribution in [2.75, 3.05) is 0 Å². The largest absolute Gasteiger partial charge is 0.294 e. The van der Waals surface area contributed by atoms with Gasteiger partial charge in [0.05, 0.1) is 23.1 Å². The quantitative estimate of drug-likeness (QED) is 0.746. The Labute approximate surface area is 98.9 Å². The first-order valence-electron chi connectivity index (χ1n) is 5.33. The van der Waals surface area contributed by atoms with Crippen molar-refractivity contribution < 1.29 is 9.18 Å². The number of rotatable bonds is 2. The molecular weight excluding hydrogens is 219 g/mol. The molecule has 0 atom stereocenters. The minimum absolute atomic E-state index is 0.0199. The Balaban J connectivity index is 2.57. The molecular formula is C13H13FN2O. The molecule has 0 radical (unpaired) electrons. The average molecular weight is 232 g/mol. The first kappa shape index (κ1) is 11.5. The number of nitrogens with zero attached hydrogens (tertiary/aromatic N) is 2. The summed E-state index contributed by atoms with van der Waals surface area (Å²) in [5.41, 5.74) is 2.93. The summed E-state index contributed by atoms with van der Waals surface area (Å²) in [5.74, 6) is -0.295. The maximum atomic E-state index is 13.0.